The van der Waals surface area contributed by atoms with Crippen LogP contribution in [0.2, 0.25) is 10.3 Å². The van der Waals surface area contributed by atoms with Crippen LogP contribution in [-0.2, 0) is 0 Å². The topological polar surface area (TPSA) is 67.8 Å². The van der Waals surface area contributed by atoms with E-state index in [0.717, 1.165) is 5.39 Å². The molecule has 0 spiro atoms. The summed E-state index contributed by atoms with van der Waals surface area (Å²) in [6, 6.07) is 10.4. The lowest BCUT2D eigenvalue weighted by Gasteiger charge is -2.06. The molecule has 0 bridgehead atoms. The molecule has 0 saturated heterocycles. The molecule has 3 rings (SSSR count). The van der Waals surface area contributed by atoms with E-state index in [4.69, 9.17) is 23.2 Å². The lowest BCUT2D eigenvalue weighted by Crippen LogP contribution is -2.14. The molecule has 0 radical (unpaired) electrons. The summed E-state index contributed by atoms with van der Waals surface area (Å²) in [4.78, 5) is 24.1. The van der Waals surface area contributed by atoms with E-state index in [0.29, 0.717) is 16.4 Å². The largest absolute Gasteiger partial charge is 0.305 e. The number of rotatable bonds is 2. The Balaban J connectivity index is 1.94. The summed E-state index contributed by atoms with van der Waals surface area (Å²) in [5, 5.41) is 3.91. The van der Waals surface area contributed by atoms with Crippen molar-refractivity contribution in [1.29, 1.82) is 0 Å². The minimum atomic E-state index is -0.419. The van der Waals surface area contributed by atoms with Gasteiger partial charge in [-0.2, -0.15) is 0 Å². The van der Waals surface area contributed by atoms with Crippen molar-refractivity contribution in [2.24, 2.45) is 0 Å². The number of fused-ring (bicyclic) bond motifs is 1. The Hall–Kier alpha value is -2.24. The number of hydrogen-bond acceptors (Lipinski definition) is 4. The SMILES string of the molecule is O=C(Nc1ccnc(Cl)n1)c1cc(Cl)c2ccccc2n1. The molecule has 0 saturated carbocycles. The fraction of sp³-hybridized carbons (Fsp3) is 0. The molecule has 1 amide bonds. The predicted octanol–water partition coefficient (Wildman–Crippen LogP) is 3.58. The summed E-state index contributed by atoms with van der Waals surface area (Å²) in [7, 11) is 0. The van der Waals surface area contributed by atoms with Crippen LogP contribution in [0, 0.1) is 0 Å². The molecule has 104 valence electrons. The van der Waals surface area contributed by atoms with Gasteiger partial charge in [0.25, 0.3) is 5.91 Å². The highest BCUT2D eigenvalue weighted by atomic mass is 35.5. The zero-order valence-corrected chi connectivity index (χ0v) is 12.1. The molecule has 5 nitrogen and oxygen atoms in total. The van der Waals surface area contributed by atoms with Crippen LogP contribution in [0.3, 0.4) is 0 Å². The number of carbonyl (C=O) groups excluding carboxylic acids is 1. The third-order valence-electron chi connectivity index (χ3n) is 2.77. The Morgan fingerprint density at radius 3 is 2.71 bits per heavy atom. The van der Waals surface area contributed by atoms with Gasteiger partial charge in [-0.15, -0.1) is 0 Å². The van der Waals surface area contributed by atoms with Gasteiger partial charge >= 0.3 is 0 Å². The first kappa shape index (κ1) is 13.7. The van der Waals surface area contributed by atoms with Crippen LogP contribution in [0.25, 0.3) is 10.9 Å². The first-order valence-corrected chi connectivity index (χ1v) is 6.74. The predicted molar refractivity (Wildman–Crippen MR) is 81.7 cm³/mol. The van der Waals surface area contributed by atoms with Crippen molar-refractivity contribution in [1.82, 2.24) is 15.0 Å². The number of halogens is 2. The van der Waals surface area contributed by atoms with E-state index in [2.05, 4.69) is 20.3 Å². The molecule has 0 aliphatic carbocycles. The average molecular weight is 319 g/mol. The maximum Gasteiger partial charge on any atom is 0.275 e. The molecule has 21 heavy (non-hydrogen) atoms. The third kappa shape index (κ3) is 2.94. The molecule has 0 atom stereocenters. The number of para-hydroxylation sites is 1. The fourth-order valence-corrected chi connectivity index (χ4v) is 2.24. The molecule has 2 heterocycles. The quantitative estimate of drug-likeness (QED) is 0.733. The second-order valence-corrected chi connectivity index (χ2v) is 4.92. The number of anilines is 1. The molecule has 3 aromatic rings. The van der Waals surface area contributed by atoms with Crippen molar-refractivity contribution in [2.75, 3.05) is 5.32 Å². The van der Waals surface area contributed by atoms with E-state index in [9.17, 15) is 4.79 Å². The molecular formula is C14H8Cl2N4O. The van der Waals surface area contributed by atoms with Crippen molar-refractivity contribution in [3.05, 3.63) is 58.6 Å². The van der Waals surface area contributed by atoms with E-state index < -0.39 is 5.91 Å². The van der Waals surface area contributed by atoms with Crippen LogP contribution >= 0.6 is 23.2 Å². The summed E-state index contributed by atoms with van der Waals surface area (Å²) in [5.41, 5.74) is 0.851. The summed E-state index contributed by atoms with van der Waals surface area (Å²) < 4.78 is 0. The molecule has 1 N–H and O–H groups in total. The Kier molecular flexibility index (Phi) is 3.68. The van der Waals surface area contributed by atoms with E-state index in [1.807, 2.05) is 18.2 Å². The van der Waals surface area contributed by atoms with Gasteiger partial charge in [0.15, 0.2) is 0 Å². The van der Waals surface area contributed by atoms with Crippen molar-refractivity contribution in [3.63, 3.8) is 0 Å². The van der Waals surface area contributed by atoms with E-state index in [1.165, 1.54) is 18.3 Å². The molecule has 0 aliphatic heterocycles. The van der Waals surface area contributed by atoms with Crippen LogP contribution in [0.5, 0.6) is 0 Å². The molecule has 0 aliphatic rings. The maximum absolute atomic E-state index is 12.2. The molecule has 2 aromatic heterocycles. The number of nitrogens with zero attached hydrogens (tertiary/aromatic N) is 3. The van der Waals surface area contributed by atoms with Gasteiger partial charge in [0.05, 0.1) is 10.5 Å². The number of nitrogens with one attached hydrogen (secondary N) is 1. The summed E-state index contributed by atoms with van der Waals surface area (Å²) in [6.45, 7) is 0. The van der Waals surface area contributed by atoms with Crippen molar-refractivity contribution in [2.45, 2.75) is 0 Å². The van der Waals surface area contributed by atoms with Gasteiger partial charge in [0.2, 0.25) is 5.28 Å². The molecular weight excluding hydrogens is 311 g/mol. The first-order valence-electron chi connectivity index (χ1n) is 5.99. The van der Waals surface area contributed by atoms with Gasteiger partial charge < -0.3 is 5.32 Å². The van der Waals surface area contributed by atoms with Crippen molar-refractivity contribution < 1.29 is 4.79 Å². The van der Waals surface area contributed by atoms with Gasteiger partial charge in [0.1, 0.15) is 11.5 Å². The highest BCUT2D eigenvalue weighted by molar-refractivity contribution is 6.35. The van der Waals surface area contributed by atoms with Gasteiger partial charge in [-0.3, -0.25) is 4.79 Å². The Morgan fingerprint density at radius 2 is 1.90 bits per heavy atom. The van der Waals surface area contributed by atoms with E-state index in [1.54, 1.807) is 6.07 Å². The normalized spacial score (nSPS) is 10.6. The highest BCUT2D eigenvalue weighted by Crippen LogP contribution is 2.23. The molecule has 1 aromatic carbocycles. The number of hydrogen-bond donors (Lipinski definition) is 1. The number of amides is 1. The van der Waals surface area contributed by atoms with E-state index >= 15 is 0 Å². The lowest BCUT2D eigenvalue weighted by atomic mass is 10.2. The number of carbonyl (C=O) groups is 1. The average Bonchev–Trinajstić information content (AvgIpc) is 2.47. The van der Waals surface area contributed by atoms with Gasteiger partial charge in [0, 0.05) is 11.6 Å². The Morgan fingerprint density at radius 1 is 1.10 bits per heavy atom. The molecule has 0 unspecified atom stereocenters. The lowest BCUT2D eigenvalue weighted by molar-refractivity contribution is 0.102. The number of pyridine rings is 1. The van der Waals surface area contributed by atoms with Gasteiger partial charge in [-0.05, 0) is 29.8 Å². The molecule has 0 fully saturated rings. The monoisotopic (exact) mass is 318 g/mol. The third-order valence-corrected chi connectivity index (χ3v) is 3.26. The fourth-order valence-electron chi connectivity index (χ4n) is 1.83. The van der Waals surface area contributed by atoms with Crippen molar-refractivity contribution >= 4 is 45.8 Å². The van der Waals surface area contributed by atoms with Crippen LogP contribution in [0.1, 0.15) is 10.5 Å². The zero-order chi connectivity index (χ0) is 14.8. The van der Waals surface area contributed by atoms with Crippen LogP contribution < -0.4 is 5.32 Å². The zero-order valence-electron chi connectivity index (χ0n) is 10.5. The minimum Gasteiger partial charge on any atom is -0.305 e. The van der Waals surface area contributed by atoms with Gasteiger partial charge in [-0.25, -0.2) is 15.0 Å². The Labute approximate surface area is 130 Å². The Bertz CT molecular complexity index is 838. The van der Waals surface area contributed by atoms with E-state index in [-0.39, 0.29) is 11.0 Å². The van der Waals surface area contributed by atoms with Crippen LogP contribution in [0.4, 0.5) is 5.82 Å². The van der Waals surface area contributed by atoms with Crippen LogP contribution in [-0.4, -0.2) is 20.9 Å². The second-order valence-electron chi connectivity index (χ2n) is 4.17. The minimum absolute atomic E-state index is 0.0531. The summed E-state index contributed by atoms with van der Waals surface area (Å²) >= 11 is 11.8. The highest BCUT2D eigenvalue weighted by Gasteiger charge is 2.12. The standard InChI is InChI=1S/C14H8Cl2N4O/c15-9-7-11(18-10-4-2-1-3-8(9)10)13(21)19-12-5-6-17-14(16)20-12/h1-7H,(H,17,19,20,21). The number of benzene rings is 1. The molecule has 7 heteroatoms. The second kappa shape index (κ2) is 5.63. The van der Waals surface area contributed by atoms with Crippen LogP contribution in [0.15, 0.2) is 42.6 Å². The van der Waals surface area contributed by atoms with Crippen molar-refractivity contribution in [3.8, 4) is 0 Å². The smallest absolute Gasteiger partial charge is 0.275 e. The first-order chi connectivity index (χ1) is 10.1. The number of aromatic nitrogens is 3. The maximum atomic E-state index is 12.2. The summed E-state index contributed by atoms with van der Waals surface area (Å²) in [5.74, 6) is -0.122. The summed E-state index contributed by atoms with van der Waals surface area (Å²) in [6.07, 6.45) is 1.45. The van der Waals surface area contributed by atoms with Gasteiger partial charge in [-0.1, -0.05) is 29.8 Å².